The Balaban J connectivity index is 2.17. The van der Waals surface area contributed by atoms with E-state index in [-0.39, 0.29) is 0 Å². The lowest BCUT2D eigenvalue weighted by Crippen LogP contribution is -2.05. The van der Waals surface area contributed by atoms with Gasteiger partial charge in [-0.2, -0.15) is 5.10 Å². The molecule has 86 valence electrons. The highest BCUT2D eigenvalue weighted by molar-refractivity contribution is 6.31. The van der Waals surface area contributed by atoms with E-state index in [1.807, 2.05) is 24.3 Å². The fraction of sp³-hybridized carbons (Fsp3) is 0.167. The van der Waals surface area contributed by atoms with Crippen molar-refractivity contribution in [3.63, 3.8) is 0 Å². The van der Waals surface area contributed by atoms with Crippen molar-refractivity contribution < 1.29 is 0 Å². The Bertz CT molecular complexity index is 560. The molecule has 1 aromatic carbocycles. The second-order valence-electron chi connectivity index (χ2n) is 3.82. The molecule has 0 saturated carbocycles. The highest BCUT2D eigenvalue weighted by Gasteiger charge is 2.15. The fourth-order valence-corrected chi connectivity index (χ4v) is 2.10. The van der Waals surface area contributed by atoms with Crippen molar-refractivity contribution >= 4 is 23.0 Å². The van der Waals surface area contributed by atoms with Crippen LogP contribution in [0.4, 0.5) is 5.69 Å². The predicted octanol–water partition coefficient (Wildman–Crippen LogP) is 2.33. The number of nitrogens with one attached hydrogen (secondary N) is 2. The van der Waals surface area contributed by atoms with E-state index in [0.717, 1.165) is 35.7 Å². The molecule has 2 N–H and O–H groups in total. The van der Waals surface area contributed by atoms with Gasteiger partial charge in [0.1, 0.15) is 0 Å². The van der Waals surface area contributed by atoms with Gasteiger partial charge in [0.2, 0.25) is 0 Å². The van der Waals surface area contributed by atoms with Crippen molar-refractivity contribution in [2.45, 2.75) is 0 Å². The number of aromatic amines is 1. The van der Waals surface area contributed by atoms with Gasteiger partial charge < -0.3 is 5.32 Å². The molecule has 17 heavy (non-hydrogen) atoms. The summed E-state index contributed by atoms with van der Waals surface area (Å²) in [6.07, 6.45) is 1.72. The summed E-state index contributed by atoms with van der Waals surface area (Å²) in [6, 6.07) is 7.70. The number of benzene rings is 1. The Labute approximate surface area is 104 Å². The number of hydrogen-bond donors (Lipinski definition) is 2. The van der Waals surface area contributed by atoms with Gasteiger partial charge in [-0.25, -0.2) is 0 Å². The molecule has 0 bridgehead atoms. The number of anilines is 1. The Morgan fingerprint density at radius 3 is 3.00 bits per heavy atom. The normalized spacial score (nSPS) is 14.5. The molecule has 1 aliphatic rings. The third-order valence-electron chi connectivity index (χ3n) is 2.69. The number of hydrogen-bond acceptors (Lipinski definition) is 3. The molecule has 1 aliphatic heterocycles. The molecule has 3 rings (SSSR count). The number of rotatable bonds is 1. The van der Waals surface area contributed by atoms with Gasteiger partial charge in [0.15, 0.2) is 0 Å². The molecule has 0 radical (unpaired) electrons. The first kappa shape index (κ1) is 10.4. The van der Waals surface area contributed by atoms with Crippen LogP contribution in [0.1, 0.15) is 11.3 Å². The van der Waals surface area contributed by atoms with E-state index < -0.39 is 0 Å². The highest BCUT2D eigenvalue weighted by atomic mass is 35.5. The van der Waals surface area contributed by atoms with Gasteiger partial charge in [-0.1, -0.05) is 11.6 Å². The summed E-state index contributed by atoms with van der Waals surface area (Å²) in [4.78, 5) is 4.57. The summed E-state index contributed by atoms with van der Waals surface area (Å²) >= 11 is 6.05. The maximum absolute atomic E-state index is 6.05. The lowest BCUT2D eigenvalue weighted by atomic mass is 10.1. The van der Waals surface area contributed by atoms with Gasteiger partial charge in [-0.3, -0.25) is 10.1 Å². The van der Waals surface area contributed by atoms with Crippen LogP contribution in [0, 0.1) is 0 Å². The van der Waals surface area contributed by atoms with E-state index in [4.69, 9.17) is 11.6 Å². The Kier molecular flexibility index (Phi) is 2.57. The average Bonchev–Trinajstić information content (AvgIpc) is 2.77. The molecule has 4 nitrogen and oxygen atoms in total. The minimum absolute atomic E-state index is 0.708. The number of aliphatic imine (C=N–C) groups is 1. The van der Waals surface area contributed by atoms with Crippen LogP contribution in [0.2, 0.25) is 5.02 Å². The number of nitrogens with zero attached hydrogens (tertiary/aromatic N) is 2. The molecule has 0 amide bonds. The second-order valence-corrected chi connectivity index (χ2v) is 4.25. The lowest BCUT2D eigenvalue weighted by molar-refractivity contribution is 1.03. The SMILES string of the molecule is Clc1ccc2c(c1)C(c1ccn[nH]1)=NCCN2. The minimum atomic E-state index is 0.708. The topological polar surface area (TPSA) is 53.1 Å². The Morgan fingerprint density at radius 2 is 2.18 bits per heavy atom. The number of halogens is 1. The van der Waals surface area contributed by atoms with Gasteiger partial charge in [0.05, 0.1) is 18.0 Å². The minimum Gasteiger partial charge on any atom is -0.383 e. The van der Waals surface area contributed by atoms with Crippen LogP contribution in [0.15, 0.2) is 35.5 Å². The smallest absolute Gasteiger partial charge is 0.0919 e. The number of H-pyrrole nitrogens is 1. The molecule has 0 fully saturated rings. The fourth-order valence-electron chi connectivity index (χ4n) is 1.93. The van der Waals surface area contributed by atoms with E-state index >= 15 is 0 Å². The van der Waals surface area contributed by atoms with E-state index in [1.54, 1.807) is 6.20 Å². The van der Waals surface area contributed by atoms with Crippen LogP contribution in [-0.4, -0.2) is 29.0 Å². The van der Waals surface area contributed by atoms with Crippen LogP contribution in [0.3, 0.4) is 0 Å². The largest absolute Gasteiger partial charge is 0.383 e. The third kappa shape index (κ3) is 1.91. The van der Waals surface area contributed by atoms with Crippen molar-refractivity contribution in [1.82, 2.24) is 10.2 Å². The van der Waals surface area contributed by atoms with E-state index in [0.29, 0.717) is 5.02 Å². The van der Waals surface area contributed by atoms with Crippen molar-refractivity contribution in [2.75, 3.05) is 18.4 Å². The van der Waals surface area contributed by atoms with Crippen molar-refractivity contribution in [3.05, 3.63) is 46.7 Å². The van der Waals surface area contributed by atoms with E-state index in [9.17, 15) is 0 Å². The number of fused-ring (bicyclic) bond motifs is 1. The molecule has 2 aromatic rings. The monoisotopic (exact) mass is 246 g/mol. The molecule has 0 spiro atoms. The first-order chi connectivity index (χ1) is 8.34. The molecule has 0 atom stereocenters. The molecule has 0 unspecified atom stereocenters. The van der Waals surface area contributed by atoms with Gasteiger partial charge in [-0.05, 0) is 24.3 Å². The second kappa shape index (κ2) is 4.22. The van der Waals surface area contributed by atoms with Gasteiger partial charge in [0.25, 0.3) is 0 Å². The van der Waals surface area contributed by atoms with Crippen LogP contribution in [0.25, 0.3) is 0 Å². The summed E-state index contributed by atoms with van der Waals surface area (Å²) in [5.41, 5.74) is 3.89. The van der Waals surface area contributed by atoms with E-state index in [1.165, 1.54) is 0 Å². The summed E-state index contributed by atoms with van der Waals surface area (Å²) in [5.74, 6) is 0. The highest BCUT2D eigenvalue weighted by Crippen LogP contribution is 2.24. The molecule has 0 aliphatic carbocycles. The number of benzodiazepines with no additional fused rings is 1. The summed E-state index contributed by atoms with van der Waals surface area (Å²) in [7, 11) is 0. The quantitative estimate of drug-likeness (QED) is 0.812. The average molecular weight is 247 g/mol. The van der Waals surface area contributed by atoms with Gasteiger partial charge in [-0.15, -0.1) is 0 Å². The standard InChI is InChI=1S/C12H11ClN4/c13-8-1-2-10-9(7-8)12(15-6-5-14-10)11-3-4-16-17-11/h1-4,7,14H,5-6H2,(H,16,17). The zero-order valence-corrected chi connectivity index (χ0v) is 9.83. The summed E-state index contributed by atoms with van der Waals surface area (Å²) in [5, 5.41) is 11.0. The van der Waals surface area contributed by atoms with Crippen molar-refractivity contribution in [2.24, 2.45) is 4.99 Å². The molecule has 0 saturated heterocycles. The third-order valence-corrected chi connectivity index (χ3v) is 2.92. The molecule has 2 heterocycles. The molecular formula is C12H11ClN4. The van der Waals surface area contributed by atoms with Crippen LogP contribution >= 0.6 is 11.6 Å². The lowest BCUT2D eigenvalue weighted by Gasteiger charge is -2.09. The number of aromatic nitrogens is 2. The maximum Gasteiger partial charge on any atom is 0.0919 e. The summed E-state index contributed by atoms with van der Waals surface area (Å²) in [6.45, 7) is 1.56. The first-order valence-corrected chi connectivity index (χ1v) is 5.80. The Hall–Kier alpha value is -1.81. The van der Waals surface area contributed by atoms with E-state index in [2.05, 4.69) is 20.5 Å². The Morgan fingerprint density at radius 1 is 1.24 bits per heavy atom. The molecular weight excluding hydrogens is 236 g/mol. The zero-order chi connectivity index (χ0) is 11.7. The molecule has 5 heteroatoms. The zero-order valence-electron chi connectivity index (χ0n) is 9.07. The predicted molar refractivity (Wildman–Crippen MR) is 69.0 cm³/mol. The van der Waals surface area contributed by atoms with Crippen LogP contribution in [0.5, 0.6) is 0 Å². The van der Waals surface area contributed by atoms with Crippen LogP contribution in [-0.2, 0) is 0 Å². The maximum atomic E-state index is 6.05. The van der Waals surface area contributed by atoms with Gasteiger partial charge in [0, 0.05) is 29.0 Å². The summed E-state index contributed by atoms with van der Waals surface area (Å²) < 4.78 is 0. The van der Waals surface area contributed by atoms with Gasteiger partial charge >= 0.3 is 0 Å². The molecule has 1 aromatic heterocycles. The van der Waals surface area contributed by atoms with Crippen LogP contribution < -0.4 is 5.32 Å². The van der Waals surface area contributed by atoms with Crippen molar-refractivity contribution in [1.29, 1.82) is 0 Å². The first-order valence-electron chi connectivity index (χ1n) is 5.42. The van der Waals surface area contributed by atoms with Crippen molar-refractivity contribution in [3.8, 4) is 0 Å².